The normalized spacial score (nSPS) is 12.6. The van der Waals surface area contributed by atoms with Crippen molar-refractivity contribution in [1.29, 1.82) is 0 Å². The number of rotatable bonds is 3. The van der Waals surface area contributed by atoms with Gasteiger partial charge in [0.05, 0.1) is 5.69 Å². The topological polar surface area (TPSA) is 46.4 Å². The van der Waals surface area contributed by atoms with Crippen molar-refractivity contribution in [3.63, 3.8) is 0 Å². The summed E-state index contributed by atoms with van der Waals surface area (Å²) in [6, 6.07) is 5.91. The van der Waals surface area contributed by atoms with Crippen molar-refractivity contribution in [3.05, 3.63) is 30.1 Å². The number of nitrogens with zero attached hydrogens (tertiary/aromatic N) is 2. The number of carbonyl (C=O) groups excluding carboxylic acids is 1. The molecule has 0 saturated carbocycles. The monoisotopic (exact) mass is 301 g/mol. The Morgan fingerprint density at radius 3 is 2.41 bits per heavy atom. The van der Waals surface area contributed by atoms with Gasteiger partial charge in [0.25, 0.3) is 0 Å². The van der Waals surface area contributed by atoms with Gasteiger partial charge in [-0.05, 0) is 29.4 Å². The van der Waals surface area contributed by atoms with Crippen LogP contribution in [-0.4, -0.2) is 15.3 Å². The number of nitrogens with one attached hydrogen (secondary N) is 1. The molecular formula is C18H27N3O. The molecule has 1 amide bonds. The molecule has 0 atom stereocenters. The molecular weight excluding hydrogens is 274 g/mol. The highest BCUT2D eigenvalue weighted by Crippen LogP contribution is 2.27. The Labute approximate surface area is 132 Å². The number of fused-ring (bicyclic) bond motifs is 1. The smallest absolute Gasteiger partial charge is 0.226 e. The van der Waals surface area contributed by atoms with Gasteiger partial charge in [-0.2, -0.15) is 0 Å². The lowest BCUT2D eigenvalue weighted by atomic mass is 9.90. The van der Waals surface area contributed by atoms with E-state index in [4.69, 9.17) is 0 Å². The lowest BCUT2D eigenvalue weighted by molar-refractivity contribution is -0.117. The summed E-state index contributed by atoms with van der Waals surface area (Å²) in [4.78, 5) is 16.9. The molecule has 0 spiro atoms. The van der Waals surface area contributed by atoms with Gasteiger partial charge in [-0.1, -0.05) is 47.6 Å². The minimum Gasteiger partial charge on any atom is -0.309 e. The van der Waals surface area contributed by atoms with E-state index < -0.39 is 0 Å². The summed E-state index contributed by atoms with van der Waals surface area (Å²) in [7, 11) is 0. The van der Waals surface area contributed by atoms with Crippen molar-refractivity contribution in [2.24, 2.45) is 10.8 Å². The molecule has 0 aliphatic heterocycles. The third-order valence-electron chi connectivity index (χ3n) is 3.28. The quantitative estimate of drug-likeness (QED) is 0.919. The zero-order chi connectivity index (χ0) is 16.5. The maximum Gasteiger partial charge on any atom is 0.226 e. The van der Waals surface area contributed by atoms with Crippen molar-refractivity contribution >= 4 is 17.4 Å². The lowest BCUT2D eigenvalue weighted by Gasteiger charge is -2.20. The van der Waals surface area contributed by atoms with E-state index in [9.17, 15) is 4.79 Å². The molecule has 0 radical (unpaired) electrons. The molecule has 0 unspecified atom stereocenters. The average Bonchev–Trinajstić information content (AvgIpc) is 2.63. The van der Waals surface area contributed by atoms with E-state index in [0.717, 1.165) is 17.8 Å². The summed E-state index contributed by atoms with van der Waals surface area (Å²) in [6.07, 6.45) is 3.34. The Balaban J connectivity index is 2.36. The Hall–Kier alpha value is -1.84. The average molecular weight is 301 g/mol. The molecule has 0 aliphatic rings. The van der Waals surface area contributed by atoms with Crippen molar-refractivity contribution in [1.82, 2.24) is 9.38 Å². The number of anilines is 1. The van der Waals surface area contributed by atoms with Crippen LogP contribution in [0.4, 0.5) is 5.82 Å². The first kappa shape index (κ1) is 16.5. The second-order valence-corrected chi connectivity index (χ2v) is 8.36. The molecule has 2 aromatic heterocycles. The third kappa shape index (κ3) is 4.33. The highest BCUT2D eigenvalue weighted by Gasteiger charge is 2.22. The summed E-state index contributed by atoms with van der Waals surface area (Å²) < 4.78 is 2.07. The highest BCUT2D eigenvalue weighted by molar-refractivity contribution is 5.91. The maximum atomic E-state index is 12.3. The number of hydrogen-bond donors (Lipinski definition) is 1. The summed E-state index contributed by atoms with van der Waals surface area (Å²) in [5.41, 5.74) is 2.01. The molecule has 0 aromatic carbocycles. The molecule has 120 valence electrons. The van der Waals surface area contributed by atoms with E-state index in [1.807, 2.05) is 24.4 Å². The zero-order valence-electron chi connectivity index (χ0n) is 14.5. The van der Waals surface area contributed by atoms with Gasteiger partial charge in [0, 0.05) is 12.6 Å². The predicted molar refractivity (Wildman–Crippen MR) is 91.1 cm³/mol. The van der Waals surface area contributed by atoms with Gasteiger partial charge in [-0.15, -0.1) is 0 Å². The molecule has 22 heavy (non-hydrogen) atoms. The summed E-state index contributed by atoms with van der Waals surface area (Å²) in [6.45, 7) is 12.8. The molecule has 0 aliphatic carbocycles. The van der Waals surface area contributed by atoms with Gasteiger partial charge in [0.2, 0.25) is 5.91 Å². The summed E-state index contributed by atoms with van der Waals surface area (Å²) in [5.74, 6) is 0.710. The van der Waals surface area contributed by atoms with Crippen LogP contribution in [0.1, 0.15) is 53.7 Å². The fourth-order valence-electron chi connectivity index (χ4n) is 2.48. The minimum atomic E-state index is -0.0343. The van der Waals surface area contributed by atoms with Crippen molar-refractivity contribution in [3.8, 4) is 0 Å². The second-order valence-electron chi connectivity index (χ2n) is 8.36. The van der Waals surface area contributed by atoms with Gasteiger partial charge >= 0.3 is 0 Å². The van der Waals surface area contributed by atoms with E-state index in [2.05, 4.69) is 56.2 Å². The fraction of sp³-hybridized carbons (Fsp3) is 0.556. The van der Waals surface area contributed by atoms with Crippen LogP contribution in [0.5, 0.6) is 0 Å². The van der Waals surface area contributed by atoms with Crippen molar-refractivity contribution in [2.45, 2.75) is 54.4 Å². The molecule has 2 rings (SSSR count). The molecule has 4 heteroatoms. The van der Waals surface area contributed by atoms with Crippen LogP contribution in [0.15, 0.2) is 24.4 Å². The Morgan fingerprint density at radius 2 is 1.82 bits per heavy atom. The van der Waals surface area contributed by atoms with Crippen LogP contribution < -0.4 is 5.32 Å². The van der Waals surface area contributed by atoms with Crippen LogP contribution >= 0.6 is 0 Å². The van der Waals surface area contributed by atoms with Crippen LogP contribution in [0.3, 0.4) is 0 Å². The standard InChI is InChI=1S/C18H27N3O/c1-17(2,3)11-13-16(20-15(22)12-18(4,5)6)19-14-9-7-8-10-21(13)14/h7-10H,11-12H2,1-6H3,(H,20,22). The largest absolute Gasteiger partial charge is 0.309 e. The van der Waals surface area contributed by atoms with Gasteiger partial charge in [-0.25, -0.2) is 4.98 Å². The minimum absolute atomic E-state index is 0.0195. The summed E-state index contributed by atoms with van der Waals surface area (Å²) in [5, 5.41) is 3.01. The van der Waals surface area contributed by atoms with Crippen LogP contribution in [0, 0.1) is 10.8 Å². The van der Waals surface area contributed by atoms with E-state index in [0.29, 0.717) is 12.2 Å². The van der Waals surface area contributed by atoms with Crippen LogP contribution in [0.25, 0.3) is 5.65 Å². The lowest BCUT2D eigenvalue weighted by Crippen LogP contribution is -2.21. The van der Waals surface area contributed by atoms with Gasteiger partial charge in [0.1, 0.15) is 5.65 Å². The SMILES string of the molecule is CC(C)(C)CC(=O)Nc1nc2ccccn2c1CC(C)(C)C. The molecule has 2 heterocycles. The molecule has 2 aromatic rings. The molecule has 1 N–H and O–H groups in total. The van der Waals surface area contributed by atoms with Gasteiger partial charge in [0.15, 0.2) is 5.82 Å². The molecule has 0 fully saturated rings. The van der Waals surface area contributed by atoms with Crippen molar-refractivity contribution in [2.75, 3.05) is 5.32 Å². The predicted octanol–water partition coefficient (Wildman–Crippen LogP) is 4.30. The van der Waals surface area contributed by atoms with E-state index in [1.54, 1.807) is 0 Å². The number of carbonyl (C=O) groups is 1. The molecule has 4 nitrogen and oxygen atoms in total. The van der Waals surface area contributed by atoms with E-state index >= 15 is 0 Å². The third-order valence-corrected chi connectivity index (χ3v) is 3.28. The highest BCUT2D eigenvalue weighted by atomic mass is 16.1. The Morgan fingerprint density at radius 1 is 1.14 bits per heavy atom. The first-order valence-electron chi connectivity index (χ1n) is 7.81. The van der Waals surface area contributed by atoms with Crippen LogP contribution in [-0.2, 0) is 11.2 Å². The Kier molecular flexibility index (Phi) is 4.32. The number of aromatic nitrogens is 2. The zero-order valence-corrected chi connectivity index (χ0v) is 14.5. The summed E-state index contributed by atoms with van der Waals surface area (Å²) >= 11 is 0. The Bertz CT molecular complexity index is 672. The number of imidazole rings is 1. The van der Waals surface area contributed by atoms with Gasteiger partial charge < -0.3 is 9.72 Å². The fourth-order valence-corrected chi connectivity index (χ4v) is 2.48. The maximum absolute atomic E-state index is 12.3. The van der Waals surface area contributed by atoms with E-state index in [-0.39, 0.29) is 16.7 Å². The van der Waals surface area contributed by atoms with E-state index in [1.165, 1.54) is 0 Å². The van der Waals surface area contributed by atoms with Gasteiger partial charge in [-0.3, -0.25) is 4.79 Å². The van der Waals surface area contributed by atoms with Crippen LogP contribution in [0.2, 0.25) is 0 Å². The first-order valence-corrected chi connectivity index (χ1v) is 7.81. The molecule has 0 bridgehead atoms. The number of pyridine rings is 1. The molecule has 0 saturated heterocycles. The first-order chi connectivity index (χ1) is 10.1. The van der Waals surface area contributed by atoms with Crippen molar-refractivity contribution < 1.29 is 4.79 Å². The second kappa shape index (κ2) is 5.75. The number of hydrogen-bond acceptors (Lipinski definition) is 2. The number of amides is 1.